The van der Waals surface area contributed by atoms with Gasteiger partial charge in [0.2, 0.25) is 0 Å². The van der Waals surface area contributed by atoms with E-state index in [1.165, 1.54) is 0 Å². The van der Waals surface area contributed by atoms with Crippen LogP contribution in [0.15, 0.2) is 36.5 Å². The summed E-state index contributed by atoms with van der Waals surface area (Å²) in [6, 6.07) is 9.56. The molecule has 3 aromatic heterocycles. The van der Waals surface area contributed by atoms with Crippen molar-refractivity contribution in [2.75, 3.05) is 65.4 Å². The van der Waals surface area contributed by atoms with Crippen LogP contribution in [0.5, 0.6) is 0 Å². The van der Waals surface area contributed by atoms with Crippen LogP contribution in [-0.4, -0.2) is 132 Å². The fraction of sp³-hybridized carbons (Fsp3) is 0.448. The Labute approximate surface area is 291 Å². The quantitative estimate of drug-likeness (QED) is 0.354. The molecule has 0 amide bonds. The number of carbonyl (C=O) groups is 2. The summed E-state index contributed by atoms with van der Waals surface area (Å²) in [5.41, 5.74) is 4.51. The Morgan fingerprint density at radius 1 is 0.791 bits per heavy atom. The van der Waals surface area contributed by atoms with Crippen molar-refractivity contribution in [2.45, 2.75) is 19.6 Å². The third-order valence-electron chi connectivity index (χ3n) is 7.52. The molecule has 2 N–H and O–H groups in total. The summed E-state index contributed by atoms with van der Waals surface area (Å²) in [6.07, 6.45) is 7.50. The van der Waals surface area contributed by atoms with Crippen molar-refractivity contribution < 1.29 is 69.2 Å². The normalized spacial score (nSPS) is 20.2. The molecule has 0 spiro atoms. The zero-order valence-electron chi connectivity index (χ0n) is 23.8. The van der Waals surface area contributed by atoms with Gasteiger partial charge in [-0.15, -0.1) is 11.5 Å². The molecule has 6 heterocycles. The molecular formula is C29H35EuN9O4. The van der Waals surface area contributed by atoms with E-state index in [9.17, 15) is 19.8 Å². The molecule has 227 valence electrons. The fourth-order valence-electron chi connectivity index (χ4n) is 5.38. The molecule has 1 radical (unpaired) electrons. The Bertz CT molecular complexity index is 1430. The largest absolute Gasteiger partial charge is 0.480 e. The van der Waals surface area contributed by atoms with Crippen molar-refractivity contribution in [3.63, 3.8) is 0 Å². The average molecular weight is 726 g/mol. The van der Waals surface area contributed by atoms with Gasteiger partial charge in [0, 0.05) is 120 Å². The van der Waals surface area contributed by atoms with Gasteiger partial charge in [-0.2, -0.15) is 0 Å². The minimum atomic E-state index is -0.873. The Morgan fingerprint density at radius 3 is 1.91 bits per heavy atom. The minimum Gasteiger partial charge on any atom is -0.480 e. The number of rotatable bonds is 4. The standard InChI is InChI=1S/C29H35N9O4.Eu/c1-2-22-14-24-18-35-8-12-36(20-28(39)40)10-6-34(7-11-37(13-9-35)21-29(41)42)17-23-4-3-5-26(32-23)27-16-30-33-38(27)19-25(15-22)31-24;/h1,3-5,14-16H,6-13,17-21H2,(H,39,40)(H,41,42);. The molecule has 6 bridgehead atoms. The van der Waals surface area contributed by atoms with Crippen LogP contribution in [0, 0.1) is 61.7 Å². The van der Waals surface area contributed by atoms with Crippen LogP contribution in [0.3, 0.4) is 0 Å². The third kappa shape index (κ3) is 9.68. The molecule has 0 unspecified atom stereocenters. The summed E-state index contributed by atoms with van der Waals surface area (Å²) >= 11 is 0. The zero-order chi connectivity index (χ0) is 29.5. The second kappa shape index (κ2) is 15.9. The number of hydrogen-bond acceptors (Lipinski definition) is 10. The van der Waals surface area contributed by atoms with Crippen molar-refractivity contribution in [2.24, 2.45) is 0 Å². The summed E-state index contributed by atoms with van der Waals surface area (Å²) in [4.78, 5) is 41.6. The molecule has 14 heteroatoms. The summed E-state index contributed by atoms with van der Waals surface area (Å²) in [7, 11) is 0. The molecule has 3 aliphatic heterocycles. The Kier molecular flexibility index (Phi) is 12.3. The number of pyridine rings is 2. The maximum Gasteiger partial charge on any atom is 0.317 e. The summed E-state index contributed by atoms with van der Waals surface area (Å²) in [5, 5.41) is 27.7. The number of hydrogen-bond donors (Lipinski definition) is 2. The maximum atomic E-state index is 11.7. The van der Waals surface area contributed by atoms with Gasteiger partial charge in [0.15, 0.2) is 0 Å². The molecule has 3 aromatic rings. The van der Waals surface area contributed by atoms with Gasteiger partial charge in [-0.05, 0) is 24.3 Å². The van der Waals surface area contributed by atoms with E-state index in [0.717, 1.165) is 28.5 Å². The van der Waals surface area contributed by atoms with Crippen molar-refractivity contribution in [3.8, 4) is 23.7 Å². The Hall–Kier alpha value is -2.64. The number of carboxylic acids is 2. The van der Waals surface area contributed by atoms with E-state index in [0.29, 0.717) is 77.6 Å². The summed E-state index contributed by atoms with van der Waals surface area (Å²) in [5.74, 6) is 0.984. The molecule has 43 heavy (non-hydrogen) atoms. The number of fused-ring (bicyclic) bond motifs is 8. The van der Waals surface area contributed by atoms with Gasteiger partial charge in [-0.3, -0.25) is 34.2 Å². The number of terminal acetylenes is 1. The molecule has 0 aromatic carbocycles. The fourth-order valence-corrected chi connectivity index (χ4v) is 5.38. The van der Waals surface area contributed by atoms with Gasteiger partial charge >= 0.3 is 11.9 Å². The van der Waals surface area contributed by atoms with Crippen molar-refractivity contribution in [1.82, 2.24) is 44.6 Å². The van der Waals surface area contributed by atoms with Crippen LogP contribution < -0.4 is 0 Å². The third-order valence-corrected chi connectivity index (χ3v) is 7.52. The predicted octanol–water partition coefficient (Wildman–Crippen LogP) is 0.169. The van der Waals surface area contributed by atoms with Crippen LogP contribution in [0.1, 0.15) is 22.6 Å². The second-order valence-corrected chi connectivity index (χ2v) is 10.7. The molecule has 1 fully saturated rings. The summed E-state index contributed by atoms with van der Waals surface area (Å²) < 4.78 is 1.77. The smallest absolute Gasteiger partial charge is 0.317 e. The van der Waals surface area contributed by atoms with E-state index in [-0.39, 0.29) is 62.5 Å². The Balaban J connectivity index is 0.00000423. The molecule has 0 aliphatic carbocycles. The van der Waals surface area contributed by atoms with E-state index >= 15 is 0 Å². The predicted molar refractivity (Wildman–Crippen MR) is 153 cm³/mol. The SMILES string of the molecule is C#Cc1cc2nc(c1)Cn1nncc1-c1cccc(n1)CN1CCN(CC(=O)O)CCN(CCN(CC(=O)O)CC1)C2.[Eu]. The van der Waals surface area contributed by atoms with Gasteiger partial charge in [0.25, 0.3) is 0 Å². The van der Waals surface area contributed by atoms with E-state index in [1.54, 1.807) is 10.9 Å². The van der Waals surface area contributed by atoms with Crippen molar-refractivity contribution in [3.05, 3.63) is 59.2 Å². The maximum absolute atomic E-state index is 11.7. The van der Waals surface area contributed by atoms with Crippen molar-refractivity contribution in [1.29, 1.82) is 0 Å². The molecule has 13 nitrogen and oxygen atoms in total. The first kappa shape index (κ1) is 33.3. The van der Waals surface area contributed by atoms with Gasteiger partial charge in [0.1, 0.15) is 5.69 Å². The van der Waals surface area contributed by atoms with E-state index in [4.69, 9.17) is 16.4 Å². The number of nitrogens with zero attached hydrogens (tertiary/aromatic N) is 9. The average Bonchev–Trinajstić information content (AvgIpc) is 3.41. The molecule has 3 aliphatic rings. The topological polar surface area (TPSA) is 144 Å². The van der Waals surface area contributed by atoms with Crippen LogP contribution in [-0.2, 0) is 29.2 Å². The number of carboxylic acid groups (broad SMARTS) is 2. The van der Waals surface area contributed by atoms with Gasteiger partial charge in [-0.1, -0.05) is 17.2 Å². The molecule has 6 rings (SSSR count). The first-order valence-electron chi connectivity index (χ1n) is 14.0. The Morgan fingerprint density at radius 2 is 1.35 bits per heavy atom. The number of aliphatic carboxylic acids is 2. The summed E-state index contributed by atoms with van der Waals surface area (Å²) in [6.45, 7) is 5.78. The first-order valence-corrected chi connectivity index (χ1v) is 14.0. The molecular weight excluding hydrogens is 690 g/mol. The minimum absolute atomic E-state index is 0. The number of aromatic nitrogens is 5. The van der Waals surface area contributed by atoms with Crippen LogP contribution in [0.2, 0.25) is 0 Å². The second-order valence-electron chi connectivity index (χ2n) is 10.7. The van der Waals surface area contributed by atoms with E-state index < -0.39 is 11.9 Å². The van der Waals surface area contributed by atoms with Crippen LogP contribution >= 0.6 is 0 Å². The van der Waals surface area contributed by atoms with E-state index in [1.807, 2.05) is 40.1 Å². The van der Waals surface area contributed by atoms with Gasteiger partial charge in [-0.25, -0.2) is 9.67 Å². The van der Waals surface area contributed by atoms with Crippen LogP contribution in [0.4, 0.5) is 0 Å². The first-order chi connectivity index (χ1) is 20.3. The molecule has 1 saturated heterocycles. The van der Waals surface area contributed by atoms with Gasteiger partial charge < -0.3 is 10.2 Å². The zero-order valence-corrected chi connectivity index (χ0v) is 26.3. The molecule has 0 saturated carbocycles. The van der Waals surface area contributed by atoms with E-state index in [2.05, 4.69) is 26.0 Å². The monoisotopic (exact) mass is 726 g/mol. The molecule has 0 atom stereocenters. The van der Waals surface area contributed by atoms with Gasteiger partial charge in [0.05, 0.1) is 48.6 Å². The van der Waals surface area contributed by atoms with Crippen LogP contribution in [0.25, 0.3) is 11.4 Å². The van der Waals surface area contributed by atoms with Crippen molar-refractivity contribution >= 4 is 11.9 Å².